The second-order valence-electron chi connectivity index (χ2n) is 4.64. The van der Waals surface area contributed by atoms with E-state index in [1.54, 1.807) is 0 Å². The Bertz CT molecular complexity index is 419. The summed E-state index contributed by atoms with van der Waals surface area (Å²) < 4.78 is 17.8. The predicted molar refractivity (Wildman–Crippen MR) is 73.7 cm³/mol. The minimum absolute atomic E-state index is 0.293. The van der Waals surface area contributed by atoms with Gasteiger partial charge >= 0.3 is 15.6 Å². The third kappa shape index (κ3) is 26.1. The van der Waals surface area contributed by atoms with E-state index < -0.39 is 15.6 Å². The molecule has 0 spiro atoms. The molecular weight excluding hydrogens is 310 g/mol. The summed E-state index contributed by atoms with van der Waals surface area (Å²) in [7, 11) is -9.28. The van der Waals surface area contributed by atoms with Crippen molar-refractivity contribution in [3.63, 3.8) is 0 Å². The Morgan fingerprint density at radius 2 is 1.00 bits per heavy atom. The highest BCUT2D eigenvalue weighted by Gasteiger charge is 2.11. The third-order valence-corrected chi connectivity index (χ3v) is 1.64. The summed E-state index contributed by atoms with van der Waals surface area (Å²) in [4.78, 5) is 43.1. The highest BCUT2D eigenvalue weighted by Crippen LogP contribution is 2.26. The minimum atomic E-state index is -4.64. The molecule has 0 fully saturated rings. The van der Waals surface area contributed by atoms with Crippen LogP contribution in [0.5, 0.6) is 0 Å². The second kappa shape index (κ2) is 8.67. The normalized spacial score (nSPS) is 11.7. The molecule has 1 aromatic carbocycles. The Morgan fingerprint density at radius 1 is 0.750 bits per heavy atom. The smallest absolute Gasteiger partial charge is 0.303 e. The number of rotatable bonds is 0. The van der Waals surface area contributed by atoms with Gasteiger partial charge in [0.15, 0.2) is 0 Å². The van der Waals surface area contributed by atoms with Crippen LogP contribution < -0.4 is 0 Å². The van der Waals surface area contributed by atoms with E-state index in [0.717, 1.165) is 0 Å². The summed E-state index contributed by atoms with van der Waals surface area (Å²) in [6.07, 6.45) is 0. The molecule has 0 aromatic heterocycles. The number of phosphoric acid groups is 2. The van der Waals surface area contributed by atoms with Gasteiger partial charge in [0.25, 0.3) is 0 Å². The summed E-state index contributed by atoms with van der Waals surface area (Å²) in [5.41, 5.74) is 1.69. The van der Waals surface area contributed by atoms with Gasteiger partial charge in [0.1, 0.15) is 0 Å². The molecule has 0 aliphatic heterocycles. The van der Waals surface area contributed by atoms with Crippen LogP contribution in [-0.4, -0.2) is 29.4 Å². The summed E-state index contributed by atoms with van der Waals surface area (Å²) in [5, 5.41) is 0. The van der Waals surface area contributed by atoms with Gasteiger partial charge in [-0.25, -0.2) is 9.13 Å². The Kier molecular flexibility index (Phi) is 9.42. The lowest BCUT2D eigenvalue weighted by Crippen LogP contribution is -2.10. The van der Waals surface area contributed by atoms with Crippen LogP contribution in [0, 0.1) is 0 Å². The van der Waals surface area contributed by atoms with Crippen molar-refractivity contribution in [1.29, 1.82) is 0 Å². The summed E-state index contributed by atoms with van der Waals surface area (Å²) in [6, 6.07) is 10.6. The number of hydrogen-bond donors (Lipinski definition) is 6. The average molecular weight is 330 g/mol. The number of hydrogen-bond acceptors (Lipinski definition) is 2. The highest BCUT2D eigenvalue weighted by molar-refractivity contribution is 7.45. The Balaban J connectivity index is 0. The zero-order valence-electron chi connectivity index (χ0n) is 11.3. The molecule has 0 radical (unpaired) electrons. The van der Waals surface area contributed by atoms with Crippen LogP contribution in [0.3, 0.4) is 0 Å². The monoisotopic (exact) mass is 330 g/mol. The van der Waals surface area contributed by atoms with E-state index in [-0.39, 0.29) is 0 Å². The van der Waals surface area contributed by atoms with Gasteiger partial charge in [-0.1, -0.05) is 51.1 Å². The van der Waals surface area contributed by atoms with Gasteiger partial charge in [-0.2, -0.15) is 0 Å². The van der Waals surface area contributed by atoms with Gasteiger partial charge in [0, 0.05) is 0 Å². The first-order chi connectivity index (χ1) is 8.61. The molecular formula is C10H20O8P2. The van der Waals surface area contributed by atoms with Crippen LogP contribution in [-0.2, 0) is 14.5 Å². The molecule has 0 saturated carbocycles. The molecule has 8 nitrogen and oxygen atoms in total. The second-order valence-corrected chi connectivity index (χ2v) is 6.70. The fourth-order valence-electron chi connectivity index (χ4n) is 0.938. The van der Waals surface area contributed by atoms with Crippen molar-refractivity contribution in [3.05, 3.63) is 35.9 Å². The highest BCUT2D eigenvalue weighted by atomic mass is 31.2. The SMILES string of the molecule is CC(C)(C)c1ccccc1.O=P(O)(O)O.O=P(O)(O)O. The maximum absolute atomic E-state index is 8.88. The molecule has 1 aromatic rings. The van der Waals surface area contributed by atoms with Crippen molar-refractivity contribution in [2.75, 3.05) is 0 Å². The molecule has 118 valence electrons. The lowest BCUT2D eigenvalue weighted by atomic mass is 9.87. The van der Waals surface area contributed by atoms with Gasteiger partial charge in [0.05, 0.1) is 0 Å². The standard InChI is InChI=1S/C10H14.2H3O4P/c1-10(2,3)9-7-5-4-6-8-9;2*1-5(2,3)4/h4-8H,1-3H3;2*(H3,1,2,3,4). The third-order valence-electron chi connectivity index (χ3n) is 1.64. The van der Waals surface area contributed by atoms with Crippen LogP contribution >= 0.6 is 15.6 Å². The summed E-state index contributed by atoms with van der Waals surface area (Å²) in [5.74, 6) is 0. The molecule has 0 amide bonds. The topological polar surface area (TPSA) is 156 Å². The van der Waals surface area contributed by atoms with Gasteiger partial charge in [-0.05, 0) is 11.0 Å². The van der Waals surface area contributed by atoms with Crippen molar-refractivity contribution in [2.45, 2.75) is 26.2 Å². The Morgan fingerprint density at radius 3 is 1.15 bits per heavy atom. The zero-order chi connectivity index (χ0) is 16.6. The Labute approximate surface area is 117 Å². The van der Waals surface area contributed by atoms with Gasteiger partial charge < -0.3 is 29.4 Å². The van der Waals surface area contributed by atoms with Crippen LogP contribution in [0.25, 0.3) is 0 Å². The van der Waals surface area contributed by atoms with E-state index >= 15 is 0 Å². The van der Waals surface area contributed by atoms with E-state index in [2.05, 4.69) is 51.1 Å². The maximum Gasteiger partial charge on any atom is 0.466 e. The molecule has 0 atom stereocenters. The Hall–Kier alpha value is -0.560. The first-order valence-corrected chi connectivity index (χ1v) is 8.36. The molecule has 0 aliphatic carbocycles. The van der Waals surface area contributed by atoms with E-state index in [0.29, 0.717) is 5.41 Å². The first kappa shape index (κ1) is 21.7. The lowest BCUT2D eigenvalue weighted by molar-refractivity contribution is 0.272. The lowest BCUT2D eigenvalue weighted by Gasteiger charge is -2.18. The quantitative estimate of drug-likeness (QED) is 0.387. The van der Waals surface area contributed by atoms with Crippen LogP contribution in [0.15, 0.2) is 30.3 Å². The van der Waals surface area contributed by atoms with Crippen molar-refractivity contribution in [1.82, 2.24) is 0 Å². The van der Waals surface area contributed by atoms with Crippen molar-refractivity contribution >= 4 is 15.6 Å². The molecule has 1 rings (SSSR count). The molecule has 0 bridgehead atoms. The van der Waals surface area contributed by atoms with Gasteiger partial charge in [0.2, 0.25) is 0 Å². The molecule has 10 heteroatoms. The predicted octanol–water partition coefficient (Wildman–Crippen LogP) is 1.13. The molecule has 0 saturated heterocycles. The summed E-state index contributed by atoms with van der Waals surface area (Å²) >= 11 is 0. The maximum atomic E-state index is 8.88. The van der Waals surface area contributed by atoms with Crippen LogP contribution in [0.1, 0.15) is 26.3 Å². The van der Waals surface area contributed by atoms with Crippen LogP contribution in [0.4, 0.5) is 0 Å². The molecule has 0 aliphatic rings. The van der Waals surface area contributed by atoms with Crippen molar-refractivity contribution in [2.24, 2.45) is 0 Å². The molecule has 0 heterocycles. The van der Waals surface area contributed by atoms with E-state index in [4.69, 9.17) is 38.5 Å². The molecule has 6 N–H and O–H groups in total. The van der Waals surface area contributed by atoms with Crippen molar-refractivity contribution in [3.8, 4) is 0 Å². The largest absolute Gasteiger partial charge is 0.466 e. The van der Waals surface area contributed by atoms with Crippen molar-refractivity contribution < 1.29 is 38.5 Å². The average Bonchev–Trinajstić information content (AvgIpc) is 2.12. The van der Waals surface area contributed by atoms with E-state index in [1.807, 2.05) is 0 Å². The number of benzene rings is 1. The van der Waals surface area contributed by atoms with Gasteiger partial charge in [-0.3, -0.25) is 0 Å². The van der Waals surface area contributed by atoms with Crippen LogP contribution in [0.2, 0.25) is 0 Å². The molecule has 0 unspecified atom stereocenters. The first-order valence-electron chi connectivity index (χ1n) is 5.23. The van der Waals surface area contributed by atoms with Gasteiger partial charge in [-0.15, -0.1) is 0 Å². The fourth-order valence-corrected chi connectivity index (χ4v) is 0.938. The fraction of sp³-hybridized carbons (Fsp3) is 0.400. The zero-order valence-corrected chi connectivity index (χ0v) is 13.1. The molecule has 20 heavy (non-hydrogen) atoms. The van der Waals surface area contributed by atoms with E-state index in [1.165, 1.54) is 5.56 Å². The van der Waals surface area contributed by atoms with E-state index in [9.17, 15) is 0 Å². The summed E-state index contributed by atoms with van der Waals surface area (Å²) in [6.45, 7) is 6.67. The minimum Gasteiger partial charge on any atom is -0.303 e.